The molecule has 0 aliphatic rings. The van der Waals surface area contributed by atoms with Gasteiger partial charge in [0.05, 0.1) is 56.8 Å². The Balaban J connectivity index is 1.65. The predicted octanol–water partition coefficient (Wildman–Crippen LogP) is 4.64. The van der Waals surface area contributed by atoms with Crippen LogP contribution < -0.4 is 35.3 Å². The fourth-order valence-electron chi connectivity index (χ4n) is 4.04. The summed E-state index contributed by atoms with van der Waals surface area (Å²) in [6, 6.07) is 14.9. The fraction of sp³-hybridized carbons (Fsp3) is 0.267. The van der Waals surface area contributed by atoms with Gasteiger partial charge in [0, 0.05) is 30.4 Å². The molecule has 0 aliphatic carbocycles. The average Bonchev–Trinajstić information content (AvgIpc) is 2.96. The molecule has 0 fully saturated rings. The second kappa shape index (κ2) is 14.8. The van der Waals surface area contributed by atoms with Gasteiger partial charge in [-0.3, -0.25) is 9.59 Å². The molecule has 0 aliphatic heterocycles. The van der Waals surface area contributed by atoms with Gasteiger partial charge in [-0.15, -0.1) is 0 Å². The van der Waals surface area contributed by atoms with E-state index in [4.69, 9.17) is 24.7 Å². The van der Waals surface area contributed by atoms with E-state index in [9.17, 15) is 18.0 Å². The highest BCUT2D eigenvalue weighted by atomic mass is 32.2. The first-order chi connectivity index (χ1) is 20.1. The first kappa shape index (κ1) is 31.8. The Kier molecular flexibility index (Phi) is 11.2. The molecule has 42 heavy (non-hydrogen) atoms. The molecule has 2 amide bonds. The molecule has 0 saturated heterocycles. The molecule has 4 N–H and O–H groups in total. The minimum atomic E-state index is -3.75. The highest BCUT2D eigenvalue weighted by molar-refractivity contribution is 7.93. The lowest BCUT2D eigenvalue weighted by molar-refractivity contribution is -0.117. The van der Waals surface area contributed by atoms with E-state index in [1.165, 1.54) is 34.5 Å². The maximum atomic E-state index is 13.0. The zero-order valence-corrected chi connectivity index (χ0v) is 24.7. The summed E-state index contributed by atoms with van der Waals surface area (Å²) < 4.78 is 47.3. The number of carbonyl (C=O) groups excluding carboxylic acids is 2. The van der Waals surface area contributed by atoms with Gasteiger partial charge in [0.25, 0.3) is 0 Å². The van der Waals surface area contributed by atoms with Crippen molar-refractivity contribution in [3.63, 3.8) is 0 Å². The van der Waals surface area contributed by atoms with Crippen molar-refractivity contribution in [1.29, 1.82) is 0 Å². The number of amides is 2. The average molecular weight is 598 g/mol. The van der Waals surface area contributed by atoms with E-state index in [2.05, 4.69) is 10.6 Å². The van der Waals surface area contributed by atoms with E-state index in [1.807, 2.05) is 0 Å². The first-order valence-corrected chi connectivity index (χ1v) is 14.6. The number of hydrogen-bond donors (Lipinski definition) is 3. The van der Waals surface area contributed by atoms with Crippen molar-refractivity contribution in [2.45, 2.75) is 25.0 Å². The second-order valence-electron chi connectivity index (χ2n) is 9.13. The van der Waals surface area contributed by atoms with Gasteiger partial charge in [-0.1, -0.05) is 18.2 Å². The number of benzene rings is 3. The summed E-state index contributed by atoms with van der Waals surface area (Å²) in [5.74, 6) is 0.687. The summed E-state index contributed by atoms with van der Waals surface area (Å²) in [6.45, 7) is 0. The van der Waals surface area contributed by atoms with E-state index in [0.717, 1.165) is 5.41 Å². The molecule has 224 valence electrons. The lowest BCUT2D eigenvalue weighted by Crippen LogP contribution is -2.16. The molecule has 12 heteroatoms. The number of ether oxygens (including phenoxy) is 4. The van der Waals surface area contributed by atoms with Crippen molar-refractivity contribution < 1.29 is 37.0 Å². The Morgan fingerprint density at radius 1 is 0.786 bits per heavy atom. The maximum Gasteiger partial charge on any atom is 0.224 e. The minimum Gasteiger partial charge on any atom is -0.496 e. The zero-order valence-electron chi connectivity index (χ0n) is 23.9. The lowest BCUT2D eigenvalue weighted by atomic mass is 10.1. The molecule has 3 aromatic rings. The summed E-state index contributed by atoms with van der Waals surface area (Å²) in [7, 11) is 2.12. The summed E-state index contributed by atoms with van der Waals surface area (Å²) in [5.41, 5.74) is 8.00. The largest absolute Gasteiger partial charge is 0.496 e. The molecule has 0 atom stereocenters. The van der Waals surface area contributed by atoms with E-state index in [0.29, 0.717) is 57.6 Å². The highest BCUT2D eigenvalue weighted by Crippen LogP contribution is 2.35. The van der Waals surface area contributed by atoms with Crippen LogP contribution in [0.25, 0.3) is 6.08 Å². The van der Waals surface area contributed by atoms with Crippen LogP contribution in [0.15, 0.2) is 60.0 Å². The molecular weight excluding hydrogens is 562 g/mol. The van der Waals surface area contributed by atoms with Crippen LogP contribution >= 0.6 is 0 Å². The standard InChI is InChI=1S/C30H35N3O8S/c1-38-21-17-27(40-3)22(28(18-21)41-4)14-15-42(36,37)19-20-12-13-26(39-2)25(16-20)33-30(35)11-7-10-29(34)32-24-9-6-5-8-23(24)31/h5-6,8-9,12-18H,7,10-11,19,31H2,1-4H3,(H,32,34)(H,33,35)/b15-14+. The van der Waals surface area contributed by atoms with Crippen LogP contribution in [0.2, 0.25) is 0 Å². The Bertz CT molecular complexity index is 1530. The smallest absolute Gasteiger partial charge is 0.224 e. The van der Waals surface area contributed by atoms with Gasteiger partial charge in [-0.05, 0) is 42.3 Å². The number of carbonyl (C=O) groups is 2. The van der Waals surface area contributed by atoms with Gasteiger partial charge in [-0.25, -0.2) is 8.42 Å². The van der Waals surface area contributed by atoms with Gasteiger partial charge in [0.15, 0.2) is 9.84 Å². The highest BCUT2D eigenvalue weighted by Gasteiger charge is 2.16. The van der Waals surface area contributed by atoms with Gasteiger partial charge in [0.2, 0.25) is 11.8 Å². The number of hydrogen-bond acceptors (Lipinski definition) is 9. The van der Waals surface area contributed by atoms with Crippen molar-refractivity contribution in [3.05, 3.63) is 71.1 Å². The third kappa shape index (κ3) is 8.90. The van der Waals surface area contributed by atoms with Crippen molar-refractivity contribution >= 4 is 44.8 Å². The van der Waals surface area contributed by atoms with Crippen LogP contribution in [-0.4, -0.2) is 48.7 Å². The number of para-hydroxylation sites is 2. The normalized spacial score (nSPS) is 11.1. The topological polar surface area (TPSA) is 155 Å². The summed E-state index contributed by atoms with van der Waals surface area (Å²) >= 11 is 0. The number of nitrogens with two attached hydrogens (primary N) is 1. The molecule has 0 unspecified atom stereocenters. The van der Waals surface area contributed by atoms with E-state index < -0.39 is 9.84 Å². The molecule has 0 bridgehead atoms. The number of nitrogens with one attached hydrogen (secondary N) is 2. The SMILES string of the molecule is COc1cc(OC)c(/C=C/S(=O)(=O)Cc2ccc(OC)c(NC(=O)CCCC(=O)Nc3ccccc3N)c2)c(OC)c1. The van der Waals surface area contributed by atoms with Gasteiger partial charge < -0.3 is 35.3 Å². The monoisotopic (exact) mass is 597 g/mol. The van der Waals surface area contributed by atoms with E-state index in [-0.39, 0.29) is 30.4 Å². The second-order valence-corrected chi connectivity index (χ2v) is 11.0. The first-order valence-electron chi connectivity index (χ1n) is 12.9. The quantitative estimate of drug-likeness (QED) is 0.225. The summed E-state index contributed by atoms with van der Waals surface area (Å²) in [5, 5.41) is 6.55. The Labute approximate surface area is 245 Å². The molecule has 3 aromatic carbocycles. The molecule has 0 spiro atoms. The van der Waals surface area contributed by atoms with Gasteiger partial charge >= 0.3 is 0 Å². The van der Waals surface area contributed by atoms with Crippen molar-refractivity contribution in [1.82, 2.24) is 0 Å². The Morgan fingerprint density at radius 3 is 1.95 bits per heavy atom. The van der Waals surface area contributed by atoms with Crippen LogP contribution in [-0.2, 0) is 25.2 Å². The van der Waals surface area contributed by atoms with Crippen molar-refractivity contribution in [2.75, 3.05) is 44.8 Å². The van der Waals surface area contributed by atoms with Gasteiger partial charge in [0.1, 0.15) is 23.0 Å². The number of rotatable bonds is 14. The summed E-state index contributed by atoms with van der Waals surface area (Å²) in [4.78, 5) is 24.8. The summed E-state index contributed by atoms with van der Waals surface area (Å²) in [6.07, 6.45) is 1.88. The van der Waals surface area contributed by atoms with Crippen LogP contribution in [0, 0.1) is 0 Å². The van der Waals surface area contributed by atoms with E-state index in [1.54, 1.807) is 54.6 Å². The molecular formula is C30H35N3O8S. The molecule has 0 aromatic heterocycles. The number of nitrogen functional groups attached to an aromatic ring is 1. The molecule has 3 rings (SSSR count). The Hall–Kier alpha value is -4.71. The van der Waals surface area contributed by atoms with Crippen molar-refractivity contribution in [2.24, 2.45) is 0 Å². The molecule has 11 nitrogen and oxygen atoms in total. The maximum absolute atomic E-state index is 13.0. The van der Waals surface area contributed by atoms with Crippen molar-refractivity contribution in [3.8, 4) is 23.0 Å². The minimum absolute atomic E-state index is 0.0671. The number of methoxy groups -OCH3 is 4. The van der Waals surface area contributed by atoms with Crippen LogP contribution in [0.3, 0.4) is 0 Å². The molecule has 0 heterocycles. The van der Waals surface area contributed by atoms with Gasteiger partial charge in [-0.2, -0.15) is 0 Å². The van der Waals surface area contributed by atoms with Crippen LogP contribution in [0.4, 0.5) is 17.1 Å². The Morgan fingerprint density at radius 2 is 1.38 bits per heavy atom. The molecule has 0 saturated carbocycles. The zero-order chi connectivity index (χ0) is 30.7. The van der Waals surface area contributed by atoms with Crippen LogP contribution in [0.5, 0.6) is 23.0 Å². The number of sulfone groups is 1. The lowest BCUT2D eigenvalue weighted by Gasteiger charge is -2.13. The molecule has 0 radical (unpaired) electrons. The third-order valence-corrected chi connectivity index (χ3v) is 7.43. The number of anilines is 3. The fourth-order valence-corrected chi connectivity index (χ4v) is 5.12. The van der Waals surface area contributed by atoms with E-state index >= 15 is 0 Å². The predicted molar refractivity (Wildman–Crippen MR) is 163 cm³/mol. The third-order valence-electron chi connectivity index (χ3n) is 6.14. The van der Waals surface area contributed by atoms with Crippen LogP contribution in [0.1, 0.15) is 30.4 Å².